The zero-order valence-electron chi connectivity index (χ0n) is 6.93. The first kappa shape index (κ1) is 9.70. The number of nitrogens with one attached hydrogen (secondary N) is 1. The summed E-state index contributed by atoms with van der Waals surface area (Å²) < 4.78 is 5.35. The highest BCUT2D eigenvalue weighted by molar-refractivity contribution is 7.15. The minimum Gasteiger partial charge on any atom is -0.459 e. The summed E-state index contributed by atoms with van der Waals surface area (Å²) in [4.78, 5) is 3.85. The second-order valence-electron chi connectivity index (χ2n) is 2.89. The molecule has 0 saturated carbocycles. The summed E-state index contributed by atoms with van der Waals surface area (Å²) in [7, 11) is 4.01. The average Bonchev–Trinajstić information content (AvgIpc) is 1.81. The van der Waals surface area contributed by atoms with E-state index in [1.54, 1.807) is 7.05 Å². The van der Waals surface area contributed by atoms with Gasteiger partial charge in [-0.2, -0.15) is 0 Å². The maximum absolute atomic E-state index is 5.35. The van der Waals surface area contributed by atoms with Crippen molar-refractivity contribution in [2.45, 2.75) is 26.4 Å². The summed E-state index contributed by atoms with van der Waals surface area (Å²) in [6, 6.07) is 0.539. The van der Waals surface area contributed by atoms with E-state index in [-0.39, 0.29) is 5.60 Å². The SMILES string of the molecule is CN=C(NP)OC(C)(C)C. The molecule has 0 bridgehead atoms. The van der Waals surface area contributed by atoms with Crippen molar-refractivity contribution in [3.8, 4) is 0 Å². The molecule has 60 valence electrons. The minimum absolute atomic E-state index is 0.182. The highest BCUT2D eigenvalue weighted by atomic mass is 31.0. The molecule has 10 heavy (non-hydrogen) atoms. The lowest BCUT2D eigenvalue weighted by Crippen LogP contribution is -2.29. The van der Waals surface area contributed by atoms with Crippen molar-refractivity contribution in [2.75, 3.05) is 7.05 Å². The second kappa shape index (κ2) is 3.77. The van der Waals surface area contributed by atoms with E-state index in [0.29, 0.717) is 6.02 Å². The number of hydrogen-bond acceptors (Lipinski definition) is 2. The fraction of sp³-hybridized carbons (Fsp3) is 0.833. The summed E-state index contributed by atoms with van der Waals surface area (Å²) in [6.45, 7) is 5.92. The Morgan fingerprint density at radius 1 is 1.50 bits per heavy atom. The molecule has 0 aliphatic carbocycles. The molecule has 0 rings (SSSR count). The standard InChI is InChI=1S/C6H15N2OP/c1-6(2,3)9-5(7-4)8-10/h10H2,1-4H3,(H,7,8). The summed E-state index contributed by atoms with van der Waals surface area (Å²) in [5, 5.41) is 2.75. The van der Waals surface area contributed by atoms with Crippen LogP contribution in [0.1, 0.15) is 20.8 Å². The molecular formula is C6H15N2OP. The van der Waals surface area contributed by atoms with Crippen molar-refractivity contribution in [2.24, 2.45) is 4.99 Å². The molecule has 1 N–H and O–H groups in total. The molecule has 0 aromatic heterocycles. The van der Waals surface area contributed by atoms with Crippen molar-refractivity contribution in [3.63, 3.8) is 0 Å². The van der Waals surface area contributed by atoms with E-state index in [1.807, 2.05) is 20.8 Å². The Bertz CT molecular complexity index is 128. The second-order valence-corrected chi connectivity index (χ2v) is 3.18. The maximum atomic E-state index is 5.35. The molecule has 0 spiro atoms. The predicted octanol–water partition coefficient (Wildman–Crippen LogP) is 1.17. The van der Waals surface area contributed by atoms with Gasteiger partial charge in [-0.3, -0.25) is 0 Å². The van der Waals surface area contributed by atoms with Gasteiger partial charge < -0.3 is 9.82 Å². The van der Waals surface area contributed by atoms with Crippen LogP contribution in [0, 0.1) is 0 Å². The molecule has 0 heterocycles. The van der Waals surface area contributed by atoms with E-state index >= 15 is 0 Å². The number of nitrogens with zero attached hydrogens (tertiary/aromatic N) is 1. The minimum atomic E-state index is -0.182. The Morgan fingerprint density at radius 3 is 2.10 bits per heavy atom. The fourth-order valence-electron chi connectivity index (χ4n) is 0.430. The first-order valence-corrected chi connectivity index (χ1v) is 3.70. The van der Waals surface area contributed by atoms with Crippen molar-refractivity contribution >= 4 is 15.4 Å². The van der Waals surface area contributed by atoms with Crippen LogP contribution in [0.2, 0.25) is 0 Å². The van der Waals surface area contributed by atoms with Gasteiger partial charge in [0.05, 0.1) is 0 Å². The highest BCUT2D eigenvalue weighted by Gasteiger charge is 2.12. The fourth-order valence-corrected chi connectivity index (χ4v) is 0.618. The van der Waals surface area contributed by atoms with Gasteiger partial charge in [0.15, 0.2) is 0 Å². The Balaban J connectivity index is 3.88. The van der Waals surface area contributed by atoms with Gasteiger partial charge in [-0.05, 0) is 30.2 Å². The smallest absolute Gasteiger partial charge is 0.287 e. The molecule has 0 saturated heterocycles. The van der Waals surface area contributed by atoms with Gasteiger partial charge in [0.25, 0.3) is 6.02 Å². The van der Waals surface area contributed by atoms with Gasteiger partial charge in [0.2, 0.25) is 0 Å². The lowest BCUT2D eigenvalue weighted by atomic mass is 10.2. The Morgan fingerprint density at radius 2 is 2.00 bits per heavy atom. The Hall–Kier alpha value is -0.300. The van der Waals surface area contributed by atoms with E-state index < -0.39 is 0 Å². The van der Waals surface area contributed by atoms with Crippen LogP contribution in [-0.2, 0) is 4.74 Å². The first-order chi connectivity index (χ1) is 4.49. The predicted molar refractivity (Wildman–Crippen MR) is 47.0 cm³/mol. The molecular weight excluding hydrogens is 147 g/mol. The highest BCUT2D eigenvalue weighted by Crippen LogP contribution is 2.06. The summed E-state index contributed by atoms with van der Waals surface area (Å²) in [5.41, 5.74) is -0.182. The van der Waals surface area contributed by atoms with E-state index in [0.717, 1.165) is 0 Å². The number of rotatable bonds is 0. The normalized spacial score (nSPS) is 13.1. The number of hydrogen-bond donors (Lipinski definition) is 1. The molecule has 0 aliphatic heterocycles. The summed E-state index contributed by atoms with van der Waals surface area (Å²) in [5.74, 6) is 0. The Labute approximate surface area is 64.5 Å². The molecule has 1 atom stereocenters. The van der Waals surface area contributed by atoms with Crippen LogP contribution in [0.5, 0.6) is 0 Å². The van der Waals surface area contributed by atoms with Crippen molar-refractivity contribution in [3.05, 3.63) is 0 Å². The number of aliphatic imine (C=N–C) groups is 1. The van der Waals surface area contributed by atoms with Gasteiger partial charge in [0.1, 0.15) is 5.60 Å². The van der Waals surface area contributed by atoms with Crippen molar-refractivity contribution in [1.29, 1.82) is 0 Å². The molecule has 0 aromatic carbocycles. The van der Waals surface area contributed by atoms with E-state index in [1.165, 1.54) is 0 Å². The van der Waals surface area contributed by atoms with Crippen LogP contribution in [0.15, 0.2) is 4.99 Å². The van der Waals surface area contributed by atoms with Crippen LogP contribution in [0.3, 0.4) is 0 Å². The molecule has 0 fully saturated rings. The van der Waals surface area contributed by atoms with Gasteiger partial charge in [0, 0.05) is 7.05 Å². The summed E-state index contributed by atoms with van der Waals surface area (Å²) >= 11 is 0. The zero-order valence-corrected chi connectivity index (χ0v) is 8.09. The molecule has 0 radical (unpaired) electrons. The molecule has 0 amide bonds. The maximum Gasteiger partial charge on any atom is 0.287 e. The molecule has 0 aromatic rings. The quantitative estimate of drug-likeness (QED) is 0.329. The molecule has 3 nitrogen and oxygen atoms in total. The van der Waals surface area contributed by atoms with Crippen LogP contribution < -0.4 is 5.09 Å². The average molecular weight is 162 g/mol. The van der Waals surface area contributed by atoms with Gasteiger partial charge >= 0.3 is 0 Å². The third-order valence-electron chi connectivity index (χ3n) is 0.729. The van der Waals surface area contributed by atoms with Crippen molar-refractivity contribution in [1.82, 2.24) is 5.09 Å². The van der Waals surface area contributed by atoms with Crippen LogP contribution in [0.25, 0.3) is 0 Å². The molecule has 0 aliphatic rings. The summed E-state index contributed by atoms with van der Waals surface area (Å²) in [6.07, 6.45) is 0. The first-order valence-electron chi connectivity index (χ1n) is 3.12. The number of amidine groups is 1. The topological polar surface area (TPSA) is 33.6 Å². The van der Waals surface area contributed by atoms with Gasteiger partial charge in [-0.1, -0.05) is 0 Å². The molecule has 1 unspecified atom stereocenters. The number of ether oxygens (including phenoxy) is 1. The van der Waals surface area contributed by atoms with Gasteiger partial charge in [-0.15, -0.1) is 0 Å². The zero-order chi connectivity index (χ0) is 8.20. The lowest BCUT2D eigenvalue weighted by Gasteiger charge is -2.21. The third-order valence-corrected chi connectivity index (χ3v) is 0.976. The Kier molecular flexibility index (Phi) is 3.66. The van der Waals surface area contributed by atoms with Crippen LogP contribution >= 0.6 is 9.39 Å². The monoisotopic (exact) mass is 162 g/mol. The van der Waals surface area contributed by atoms with Gasteiger partial charge in [-0.25, -0.2) is 4.99 Å². The van der Waals surface area contributed by atoms with Crippen molar-refractivity contribution < 1.29 is 4.74 Å². The van der Waals surface area contributed by atoms with E-state index in [9.17, 15) is 0 Å². The lowest BCUT2D eigenvalue weighted by molar-refractivity contribution is 0.112. The van der Waals surface area contributed by atoms with Crippen LogP contribution in [-0.4, -0.2) is 18.7 Å². The third kappa shape index (κ3) is 4.57. The van der Waals surface area contributed by atoms with E-state index in [4.69, 9.17) is 4.74 Å². The largest absolute Gasteiger partial charge is 0.459 e. The molecule has 4 heteroatoms. The van der Waals surface area contributed by atoms with Crippen LogP contribution in [0.4, 0.5) is 0 Å². The van der Waals surface area contributed by atoms with E-state index in [2.05, 4.69) is 19.5 Å².